The van der Waals surface area contributed by atoms with E-state index in [9.17, 15) is 0 Å². The molecular weight excluding hydrogens is 334 g/mol. The zero-order chi connectivity index (χ0) is 19.2. The molecule has 0 saturated carbocycles. The van der Waals surface area contributed by atoms with E-state index in [2.05, 4.69) is 45.2 Å². The van der Waals surface area contributed by atoms with Crippen LogP contribution in [0.5, 0.6) is 11.5 Å². The summed E-state index contributed by atoms with van der Waals surface area (Å²) in [4.78, 5) is 4.91. The molecule has 1 aliphatic rings. The number of nitrogens with zero attached hydrogens (tertiary/aromatic N) is 1. The third kappa shape index (κ3) is 2.51. The molecule has 3 heteroatoms. The van der Waals surface area contributed by atoms with Crippen LogP contribution in [0.2, 0.25) is 0 Å². The van der Waals surface area contributed by atoms with Crippen LogP contribution in [0.25, 0.3) is 21.7 Å². The quantitative estimate of drug-likeness (QED) is 0.477. The molecule has 0 fully saturated rings. The Kier molecular flexibility index (Phi) is 4.49. The Morgan fingerprint density at radius 1 is 1.00 bits per heavy atom. The van der Waals surface area contributed by atoms with E-state index in [0.717, 1.165) is 27.8 Å². The summed E-state index contributed by atoms with van der Waals surface area (Å²) in [6.45, 7) is 7.03. The van der Waals surface area contributed by atoms with E-state index in [0.29, 0.717) is 5.92 Å². The Hall–Kier alpha value is -2.29. The maximum absolute atomic E-state index is 5.54. The fraction of sp³-hybridized carbons (Fsp3) is 0.458. The lowest BCUT2D eigenvalue weighted by atomic mass is 9.54. The average molecular weight is 364 g/mol. The first-order valence-electron chi connectivity index (χ1n) is 10.1. The Balaban J connectivity index is 1.99. The van der Waals surface area contributed by atoms with Gasteiger partial charge in [0, 0.05) is 22.4 Å². The molecule has 142 valence electrons. The van der Waals surface area contributed by atoms with Crippen molar-refractivity contribution in [3.8, 4) is 11.5 Å². The van der Waals surface area contributed by atoms with E-state index < -0.39 is 0 Å². The first-order valence-corrected chi connectivity index (χ1v) is 10.1. The monoisotopic (exact) mass is 363 g/mol. The minimum Gasteiger partial charge on any atom is -0.493 e. The molecule has 0 aliphatic heterocycles. The van der Waals surface area contributed by atoms with Gasteiger partial charge in [-0.25, -0.2) is 0 Å². The largest absolute Gasteiger partial charge is 0.493 e. The summed E-state index contributed by atoms with van der Waals surface area (Å²) in [5.41, 5.74) is 4.31. The van der Waals surface area contributed by atoms with Crippen LogP contribution in [-0.2, 0) is 5.41 Å². The molecule has 0 saturated heterocycles. The first-order chi connectivity index (χ1) is 13.1. The highest BCUT2D eigenvalue weighted by Crippen LogP contribution is 2.58. The van der Waals surface area contributed by atoms with Gasteiger partial charge in [-0.05, 0) is 47.4 Å². The molecule has 0 spiro atoms. The molecule has 0 bridgehead atoms. The van der Waals surface area contributed by atoms with Crippen molar-refractivity contribution in [2.75, 3.05) is 14.2 Å². The lowest BCUT2D eigenvalue weighted by molar-refractivity contribution is 0.277. The number of pyridine rings is 1. The first kappa shape index (κ1) is 18.1. The van der Waals surface area contributed by atoms with Crippen molar-refractivity contribution in [3.63, 3.8) is 0 Å². The number of aromatic nitrogens is 1. The maximum Gasteiger partial charge on any atom is 0.161 e. The van der Waals surface area contributed by atoms with Crippen molar-refractivity contribution < 1.29 is 9.47 Å². The van der Waals surface area contributed by atoms with Gasteiger partial charge in [-0.1, -0.05) is 45.7 Å². The Morgan fingerprint density at radius 2 is 1.74 bits per heavy atom. The van der Waals surface area contributed by atoms with Crippen molar-refractivity contribution in [2.24, 2.45) is 0 Å². The number of benzene rings is 2. The standard InChI is InChI=1S/C24H29NO2/c1-6-8-19-18-14-25-23-16(22(18)24(19,3)11-7-2)10-9-15-12-20(26-4)21(27-5)13-17(15)23/h9-10,12-14,19H,6-8,11H2,1-5H3/t19-,24?/m0/s1. The number of hydrogen-bond donors (Lipinski definition) is 0. The summed E-state index contributed by atoms with van der Waals surface area (Å²) in [7, 11) is 3.36. The molecule has 1 aliphatic carbocycles. The van der Waals surface area contributed by atoms with Gasteiger partial charge < -0.3 is 9.47 Å². The minimum absolute atomic E-state index is 0.255. The summed E-state index contributed by atoms with van der Waals surface area (Å²) in [6.07, 6.45) is 7.03. The molecule has 1 unspecified atom stereocenters. The fourth-order valence-electron chi connectivity index (χ4n) is 5.25. The van der Waals surface area contributed by atoms with Crippen LogP contribution in [0.15, 0.2) is 30.5 Å². The van der Waals surface area contributed by atoms with Gasteiger partial charge >= 0.3 is 0 Å². The van der Waals surface area contributed by atoms with Crippen LogP contribution in [0.1, 0.15) is 63.5 Å². The molecule has 1 aromatic heterocycles. The molecule has 27 heavy (non-hydrogen) atoms. The van der Waals surface area contributed by atoms with E-state index in [1.54, 1.807) is 14.2 Å². The number of rotatable bonds is 6. The molecule has 0 radical (unpaired) electrons. The van der Waals surface area contributed by atoms with Crippen LogP contribution in [-0.4, -0.2) is 19.2 Å². The maximum atomic E-state index is 5.54. The molecule has 3 aromatic rings. The fourth-order valence-corrected chi connectivity index (χ4v) is 5.25. The van der Waals surface area contributed by atoms with Gasteiger partial charge in [0.25, 0.3) is 0 Å². The molecule has 2 atom stereocenters. The Bertz CT molecular complexity index is 1010. The molecule has 2 aromatic carbocycles. The van der Waals surface area contributed by atoms with Crippen molar-refractivity contribution in [1.82, 2.24) is 4.98 Å². The number of ether oxygens (including phenoxy) is 2. The summed E-state index contributed by atoms with van der Waals surface area (Å²) in [5.74, 6) is 2.14. The van der Waals surface area contributed by atoms with E-state index >= 15 is 0 Å². The van der Waals surface area contributed by atoms with Gasteiger partial charge in [0.05, 0.1) is 19.7 Å². The molecule has 1 heterocycles. The van der Waals surface area contributed by atoms with Crippen molar-refractivity contribution >= 4 is 21.7 Å². The van der Waals surface area contributed by atoms with Gasteiger partial charge in [-0.15, -0.1) is 0 Å². The summed E-state index contributed by atoms with van der Waals surface area (Å²) >= 11 is 0. The molecule has 4 rings (SSSR count). The summed E-state index contributed by atoms with van der Waals surface area (Å²) in [6, 6.07) is 8.56. The van der Waals surface area contributed by atoms with Crippen molar-refractivity contribution in [3.05, 3.63) is 41.6 Å². The molecular formula is C24H29NO2. The highest BCUT2D eigenvalue weighted by Gasteiger charge is 2.48. The summed E-state index contributed by atoms with van der Waals surface area (Å²) < 4.78 is 11.0. The van der Waals surface area contributed by atoms with Crippen LogP contribution in [0.3, 0.4) is 0 Å². The van der Waals surface area contributed by atoms with E-state index in [1.807, 2.05) is 6.07 Å². The highest BCUT2D eigenvalue weighted by atomic mass is 16.5. The second-order valence-electron chi connectivity index (χ2n) is 7.99. The zero-order valence-electron chi connectivity index (χ0n) is 17.1. The second-order valence-corrected chi connectivity index (χ2v) is 7.99. The predicted octanol–water partition coefficient (Wildman–Crippen LogP) is 6.36. The van der Waals surface area contributed by atoms with Crippen LogP contribution >= 0.6 is 0 Å². The van der Waals surface area contributed by atoms with Crippen LogP contribution < -0.4 is 9.47 Å². The lowest BCUT2D eigenvalue weighted by Crippen LogP contribution is -2.41. The molecule has 0 amide bonds. The SMILES string of the molecule is CCC[C@H]1c2cnc3c(ccc4cc(OC)c(OC)cc43)c2C1(C)CCC. The van der Waals surface area contributed by atoms with Crippen LogP contribution in [0.4, 0.5) is 0 Å². The van der Waals surface area contributed by atoms with Crippen LogP contribution in [0, 0.1) is 0 Å². The van der Waals surface area contributed by atoms with Gasteiger partial charge in [0.2, 0.25) is 0 Å². The number of methoxy groups -OCH3 is 2. The van der Waals surface area contributed by atoms with Gasteiger partial charge in [0.15, 0.2) is 11.5 Å². The molecule has 3 nitrogen and oxygen atoms in total. The highest BCUT2D eigenvalue weighted by molar-refractivity contribution is 6.08. The zero-order valence-corrected chi connectivity index (χ0v) is 17.1. The topological polar surface area (TPSA) is 31.4 Å². The average Bonchev–Trinajstić information content (AvgIpc) is 2.69. The Labute approximate surface area is 161 Å². The normalized spacial score (nSPS) is 21.1. The predicted molar refractivity (Wildman–Crippen MR) is 112 cm³/mol. The lowest BCUT2D eigenvalue weighted by Gasteiger charge is -2.50. The smallest absolute Gasteiger partial charge is 0.161 e. The second kappa shape index (κ2) is 6.70. The van der Waals surface area contributed by atoms with E-state index in [1.165, 1.54) is 42.2 Å². The van der Waals surface area contributed by atoms with E-state index in [4.69, 9.17) is 14.5 Å². The molecule has 0 N–H and O–H groups in total. The van der Waals surface area contributed by atoms with E-state index in [-0.39, 0.29) is 5.41 Å². The van der Waals surface area contributed by atoms with Crippen molar-refractivity contribution in [2.45, 2.75) is 57.8 Å². The third-order valence-electron chi connectivity index (χ3n) is 6.45. The minimum atomic E-state index is 0.255. The Morgan fingerprint density at radius 3 is 2.41 bits per heavy atom. The van der Waals surface area contributed by atoms with Gasteiger partial charge in [-0.3, -0.25) is 4.98 Å². The summed E-state index contributed by atoms with van der Waals surface area (Å²) in [5, 5.41) is 3.57. The number of fused-ring (bicyclic) bond motifs is 5. The van der Waals surface area contributed by atoms with Crippen molar-refractivity contribution in [1.29, 1.82) is 0 Å². The number of hydrogen-bond acceptors (Lipinski definition) is 3. The van der Waals surface area contributed by atoms with Gasteiger partial charge in [-0.2, -0.15) is 0 Å². The third-order valence-corrected chi connectivity index (χ3v) is 6.45. The van der Waals surface area contributed by atoms with Gasteiger partial charge in [0.1, 0.15) is 0 Å².